The summed E-state index contributed by atoms with van der Waals surface area (Å²) < 4.78 is 0. The van der Waals surface area contributed by atoms with Crippen LogP contribution in [-0.2, 0) is 0 Å². The molecule has 1 fully saturated rings. The van der Waals surface area contributed by atoms with E-state index in [2.05, 4.69) is 9.97 Å². The van der Waals surface area contributed by atoms with E-state index in [9.17, 15) is 14.9 Å². The number of hydrogen-bond donors (Lipinski definition) is 1. The van der Waals surface area contributed by atoms with Gasteiger partial charge in [0.1, 0.15) is 6.20 Å². The summed E-state index contributed by atoms with van der Waals surface area (Å²) in [4.78, 5) is 34.4. The Bertz CT molecular complexity index is 751. The molecule has 126 valence electrons. The zero-order valence-corrected chi connectivity index (χ0v) is 13.6. The standard InChI is InChI=1S/C14H16N6O3S/c15-12-11(20(22)23)8-16-14(17-12)19-4-1-3-18(5-6-19)13(21)10-2-7-24-9-10/h2,7-9H,1,3-6H2,(H2,15,16,17). The molecular formula is C14H16N6O3S. The van der Waals surface area contributed by atoms with Crippen molar-refractivity contribution in [3.63, 3.8) is 0 Å². The van der Waals surface area contributed by atoms with Gasteiger partial charge in [-0.2, -0.15) is 16.3 Å². The molecule has 1 amide bonds. The average Bonchev–Trinajstić information content (AvgIpc) is 2.98. The lowest BCUT2D eigenvalue weighted by Gasteiger charge is -2.21. The molecule has 9 nitrogen and oxygen atoms in total. The lowest BCUT2D eigenvalue weighted by Crippen LogP contribution is -2.35. The maximum Gasteiger partial charge on any atom is 0.329 e. The van der Waals surface area contributed by atoms with Crippen molar-refractivity contribution in [1.82, 2.24) is 14.9 Å². The lowest BCUT2D eigenvalue weighted by atomic mass is 10.3. The minimum Gasteiger partial charge on any atom is -0.378 e. The summed E-state index contributed by atoms with van der Waals surface area (Å²) in [6.07, 6.45) is 1.88. The van der Waals surface area contributed by atoms with Crippen LogP contribution < -0.4 is 10.6 Å². The number of nitrogens with two attached hydrogens (primary N) is 1. The zero-order chi connectivity index (χ0) is 17.1. The number of rotatable bonds is 3. The topological polar surface area (TPSA) is 118 Å². The third kappa shape index (κ3) is 3.27. The molecule has 24 heavy (non-hydrogen) atoms. The van der Waals surface area contributed by atoms with Crippen molar-refractivity contribution in [3.8, 4) is 0 Å². The molecule has 1 aliphatic heterocycles. The van der Waals surface area contributed by atoms with Crippen LogP contribution >= 0.6 is 11.3 Å². The maximum atomic E-state index is 12.4. The van der Waals surface area contributed by atoms with Gasteiger partial charge in [0.2, 0.25) is 11.8 Å². The first kappa shape index (κ1) is 16.1. The monoisotopic (exact) mass is 348 g/mol. The first-order valence-corrected chi connectivity index (χ1v) is 8.34. The number of hydrogen-bond acceptors (Lipinski definition) is 8. The van der Waals surface area contributed by atoms with Gasteiger partial charge in [-0.15, -0.1) is 0 Å². The molecule has 2 aromatic heterocycles. The van der Waals surface area contributed by atoms with Crippen LogP contribution in [0.25, 0.3) is 0 Å². The third-order valence-electron chi connectivity index (χ3n) is 3.82. The van der Waals surface area contributed by atoms with Gasteiger partial charge in [0, 0.05) is 31.6 Å². The SMILES string of the molecule is Nc1nc(N2CCCN(C(=O)c3ccsc3)CC2)ncc1[N+](=O)[O-]. The normalized spacial score (nSPS) is 15.2. The molecule has 0 bridgehead atoms. The Kier molecular flexibility index (Phi) is 4.56. The molecule has 0 radical (unpaired) electrons. The fourth-order valence-corrected chi connectivity index (χ4v) is 3.19. The summed E-state index contributed by atoms with van der Waals surface area (Å²) in [7, 11) is 0. The lowest BCUT2D eigenvalue weighted by molar-refractivity contribution is -0.384. The Labute approximate surface area is 141 Å². The van der Waals surface area contributed by atoms with Gasteiger partial charge in [-0.1, -0.05) is 0 Å². The highest BCUT2D eigenvalue weighted by Crippen LogP contribution is 2.21. The smallest absolute Gasteiger partial charge is 0.329 e. The Hall–Kier alpha value is -2.75. The van der Waals surface area contributed by atoms with E-state index in [1.165, 1.54) is 11.3 Å². The fourth-order valence-electron chi connectivity index (χ4n) is 2.56. The molecule has 1 saturated heterocycles. The van der Waals surface area contributed by atoms with Crippen molar-refractivity contribution < 1.29 is 9.72 Å². The third-order valence-corrected chi connectivity index (χ3v) is 4.50. The first-order valence-electron chi connectivity index (χ1n) is 7.39. The van der Waals surface area contributed by atoms with E-state index in [-0.39, 0.29) is 17.4 Å². The fraction of sp³-hybridized carbons (Fsp3) is 0.357. The van der Waals surface area contributed by atoms with Crippen molar-refractivity contribution in [2.24, 2.45) is 0 Å². The number of amides is 1. The number of thiophene rings is 1. The molecule has 10 heteroatoms. The molecule has 0 aliphatic carbocycles. The van der Waals surface area contributed by atoms with Crippen LogP contribution in [0.5, 0.6) is 0 Å². The predicted octanol–water partition coefficient (Wildman–Crippen LogP) is 1.38. The van der Waals surface area contributed by atoms with E-state index in [4.69, 9.17) is 5.73 Å². The summed E-state index contributed by atoms with van der Waals surface area (Å²) in [6.45, 7) is 2.39. The molecule has 0 saturated carbocycles. The number of carbonyl (C=O) groups is 1. The van der Waals surface area contributed by atoms with E-state index in [0.29, 0.717) is 37.7 Å². The Morgan fingerprint density at radius 1 is 1.33 bits per heavy atom. The molecule has 3 heterocycles. The number of carbonyl (C=O) groups excluding carboxylic acids is 1. The molecule has 2 N–H and O–H groups in total. The molecule has 0 aromatic carbocycles. The molecule has 0 unspecified atom stereocenters. The van der Waals surface area contributed by atoms with E-state index in [0.717, 1.165) is 12.6 Å². The zero-order valence-electron chi connectivity index (χ0n) is 12.8. The van der Waals surface area contributed by atoms with Gasteiger partial charge in [0.05, 0.1) is 10.5 Å². The average molecular weight is 348 g/mol. The highest BCUT2D eigenvalue weighted by Gasteiger charge is 2.23. The molecule has 2 aromatic rings. The van der Waals surface area contributed by atoms with E-state index in [1.807, 2.05) is 21.7 Å². The van der Waals surface area contributed by atoms with Crippen LogP contribution in [0.1, 0.15) is 16.8 Å². The summed E-state index contributed by atoms with van der Waals surface area (Å²) in [5.41, 5.74) is 6.02. The second kappa shape index (κ2) is 6.79. The molecular weight excluding hydrogens is 332 g/mol. The van der Waals surface area contributed by atoms with Gasteiger partial charge in [0.15, 0.2) is 0 Å². The summed E-state index contributed by atoms with van der Waals surface area (Å²) in [5.74, 6) is 0.214. The van der Waals surface area contributed by atoms with Crippen LogP contribution in [0.15, 0.2) is 23.0 Å². The van der Waals surface area contributed by atoms with Crippen LogP contribution in [0.4, 0.5) is 17.5 Å². The number of anilines is 2. The van der Waals surface area contributed by atoms with Gasteiger partial charge < -0.3 is 15.5 Å². The van der Waals surface area contributed by atoms with E-state index in [1.54, 1.807) is 4.90 Å². The number of nitro groups is 1. The quantitative estimate of drug-likeness (QED) is 0.657. The van der Waals surface area contributed by atoms with Crippen LogP contribution in [-0.4, -0.2) is 51.9 Å². The largest absolute Gasteiger partial charge is 0.378 e. The van der Waals surface area contributed by atoms with E-state index < -0.39 is 4.92 Å². The minimum atomic E-state index is -0.608. The summed E-state index contributed by atoms with van der Waals surface area (Å²) in [6, 6.07) is 1.82. The first-order chi connectivity index (χ1) is 11.6. The Morgan fingerprint density at radius 3 is 2.83 bits per heavy atom. The van der Waals surface area contributed by atoms with Gasteiger partial charge in [-0.05, 0) is 17.9 Å². The minimum absolute atomic E-state index is 0.0160. The van der Waals surface area contributed by atoms with E-state index >= 15 is 0 Å². The molecule has 0 atom stereocenters. The van der Waals surface area contributed by atoms with Gasteiger partial charge >= 0.3 is 5.69 Å². The maximum absolute atomic E-state index is 12.4. The number of nitrogen functional groups attached to an aromatic ring is 1. The second-order valence-electron chi connectivity index (χ2n) is 5.34. The van der Waals surface area contributed by atoms with Gasteiger partial charge in [0.25, 0.3) is 5.91 Å². The predicted molar refractivity (Wildman–Crippen MR) is 90.2 cm³/mol. The Morgan fingerprint density at radius 2 is 2.17 bits per heavy atom. The molecule has 1 aliphatic rings. The highest BCUT2D eigenvalue weighted by atomic mass is 32.1. The number of aromatic nitrogens is 2. The summed E-state index contributed by atoms with van der Waals surface area (Å²) >= 11 is 1.49. The summed E-state index contributed by atoms with van der Waals surface area (Å²) in [5, 5.41) is 14.5. The van der Waals surface area contributed by atoms with Crippen molar-refractivity contribution >= 4 is 34.7 Å². The van der Waals surface area contributed by atoms with Crippen LogP contribution in [0, 0.1) is 10.1 Å². The molecule has 0 spiro atoms. The Balaban J connectivity index is 1.70. The van der Waals surface area contributed by atoms with Crippen LogP contribution in [0.3, 0.4) is 0 Å². The van der Waals surface area contributed by atoms with Gasteiger partial charge in [-0.25, -0.2) is 4.98 Å². The second-order valence-corrected chi connectivity index (χ2v) is 6.12. The van der Waals surface area contributed by atoms with Gasteiger partial charge in [-0.3, -0.25) is 14.9 Å². The van der Waals surface area contributed by atoms with Crippen molar-refractivity contribution in [1.29, 1.82) is 0 Å². The highest BCUT2D eigenvalue weighted by molar-refractivity contribution is 7.08. The van der Waals surface area contributed by atoms with Crippen molar-refractivity contribution in [2.75, 3.05) is 36.8 Å². The van der Waals surface area contributed by atoms with Crippen LogP contribution in [0.2, 0.25) is 0 Å². The number of nitrogens with zero attached hydrogens (tertiary/aromatic N) is 5. The van der Waals surface area contributed by atoms with Crippen molar-refractivity contribution in [2.45, 2.75) is 6.42 Å². The van der Waals surface area contributed by atoms with Crippen molar-refractivity contribution in [3.05, 3.63) is 38.7 Å². The molecule has 3 rings (SSSR count).